The number of hydrogen-bond acceptors (Lipinski definition) is 1. The highest BCUT2D eigenvalue weighted by Gasteiger charge is 2.32. The maximum Gasteiger partial charge on any atom is 0.146 e. The second kappa shape index (κ2) is 5.23. The fraction of sp³-hybridized carbons (Fsp3) is 0.294. The third-order valence-corrected chi connectivity index (χ3v) is 3.81. The molecule has 1 aliphatic rings. The van der Waals surface area contributed by atoms with Gasteiger partial charge >= 0.3 is 0 Å². The van der Waals surface area contributed by atoms with Gasteiger partial charge in [-0.05, 0) is 42.9 Å². The van der Waals surface area contributed by atoms with Gasteiger partial charge in [0.15, 0.2) is 0 Å². The molecule has 0 aromatic heterocycles. The van der Waals surface area contributed by atoms with Gasteiger partial charge in [-0.15, -0.1) is 0 Å². The minimum Gasteiger partial charge on any atom is -0.376 e. The van der Waals surface area contributed by atoms with E-state index in [0.29, 0.717) is 11.5 Å². The summed E-state index contributed by atoms with van der Waals surface area (Å²) in [6, 6.07) is 12.5. The molecule has 104 valence electrons. The van der Waals surface area contributed by atoms with Crippen LogP contribution in [0.1, 0.15) is 30.0 Å². The number of anilines is 1. The van der Waals surface area contributed by atoms with Crippen molar-refractivity contribution in [3.8, 4) is 0 Å². The monoisotopic (exact) mass is 273 g/mol. The molecule has 0 heterocycles. The van der Waals surface area contributed by atoms with Crippen LogP contribution < -0.4 is 5.32 Å². The summed E-state index contributed by atoms with van der Waals surface area (Å²) in [7, 11) is 0. The first-order valence-electron chi connectivity index (χ1n) is 6.92. The average Bonchev–Trinajstić information content (AvgIpc) is 3.27. The van der Waals surface area contributed by atoms with Crippen molar-refractivity contribution in [1.82, 2.24) is 0 Å². The normalized spacial score (nSPS) is 15.9. The van der Waals surface area contributed by atoms with Crippen LogP contribution >= 0.6 is 0 Å². The van der Waals surface area contributed by atoms with Crippen molar-refractivity contribution < 1.29 is 8.78 Å². The Bertz CT molecular complexity index is 606. The molecule has 1 unspecified atom stereocenters. The lowest BCUT2D eigenvalue weighted by Gasteiger charge is -2.21. The van der Waals surface area contributed by atoms with E-state index in [4.69, 9.17) is 0 Å². The van der Waals surface area contributed by atoms with E-state index in [1.807, 2.05) is 30.3 Å². The summed E-state index contributed by atoms with van der Waals surface area (Å²) in [5.41, 5.74) is 1.69. The van der Waals surface area contributed by atoms with Crippen molar-refractivity contribution in [2.75, 3.05) is 5.32 Å². The van der Waals surface area contributed by atoms with E-state index >= 15 is 0 Å². The van der Waals surface area contributed by atoms with Crippen LogP contribution in [0.5, 0.6) is 0 Å². The summed E-state index contributed by atoms with van der Waals surface area (Å²) < 4.78 is 27.6. The minimum atomic E-state index is -0.398. The van der Waals surface area contributed by atoms with Crippen molar-refractivity contribution in [3.63, 3.8) is 0 Å². The molecule has 1 N–H and O–H groups in total. The third kappa shape index (κ3) is 2.67. The molecule has 1 atom stereocenters. The first-order chi connectivity index (χ1) is 9.65. The van der Waals surface area contributed by atoms with E-state index in [9.17, 15) is 8.78 Å². The van der Waals surface area contributed by atoms with Gasteiger partial charge in [0.25, 0.3) is 0 Å². The zero-order valence-electron chi connectivity index (χ0n) is 11.4. The number of aryl methyl sites for hydroxylation is 1. The Hall–Kier alpha value is -1.90. The van der Waals surface area contributed by atoms with Crippen LogP contribution in [-0.2, 0) is 0 Å². The zero-order chi connectivity index (χ0) is 14.1. The summed E-state index contributed by atoms with van der Waals surface area (Å²) in [4.78, 5) is 0. The summed E-state index contributed by atoms with van der Waals surface area (Å²) in [5, 5.41) is 3.18. The van der Waals surface area contributed by atoms with Gasteiger partial charge < -0.3 is 5.32 Å². The molecule has 2 aromatic carbocycles. The van der Waals surface area contributed by atoms with Gasteiger partial charge in [0.1, 0.15) is 11.6 Å². The van der Waals surface area contributed by atoms with Gasteiger partial charge in [0.2, 0.25) is 0 Å². The van der Waals surface area contributed by atoms with E-state index in [2.05, 4.69) is 5.32 Å². The summed E-state index contributed by atoms with van der Waals surface area (Å²) in [6.45, 7) is 1.57. The molecule has 1 fully saturated rings. The highest BCUT2D eigenvalue weighted by Crippen LogP contribution is 2.43. The van der Waals surface area contributed by atoms with E-state index in [1.165, 1.54) is 12.1 Å². The highest BCUT2D eigenvalue weighted by molar-refractivity contribution is 5.49. The van der Waals surface area contributed by atoms with Gasteiger partial charge in [-0.1, -0.05) is 30.3 Å². The van der Waals surface area contributed by atoms with Crippen molar-refractivity contribution in [2.24, 2.45) is 5.92 Å². The molecule has 0 bridgehead atoms. The topological polar surface area (TPSA) is 12.0 Å². The molecule has 1 saturated carbocycles. The number of halogens is 2. The SMILES string of the molecule is Cc1cc(F)c(NC(c2ccccc2)C2CC2)cc1F. The van der Waals surface area contributed by atoms with Crippen molar-refractivity contribution in [2.45, 2.75) is 25.8 Å². The molecule has 1 nitrogen and oxygen atoms in total. The minimum absolute atomic E-state index is 0.0489. The zero-order valence-corrected chi connectivity index (χ0v) is 11.4. The second-order valence-electron chi connectivity index (χ2n) is 5.45. The predicted octanol–water partition coefficient (Wildman–Crippen LogP) is 4.84. The summed E-state index contributed by atoms with van der Waals surface area (Å²) in [6.07, 6.45) is 2.26. The molecule has 20 heavy (non-hydrogen) atoms. The molecule has 0 saturated heterocycles. The van der Waals surface area contributed by atoms with Gasteiger partial charge in [-0.2, -0.15) is 0 Å². The Morgan fingerprint density at radius 3 is 2.40 bits per heavy atom. The average molecular weight is 273 g/mol. The molecule has 3 heteroatoms. The Morgan fingerprint density at radius 2 is 1.75 bits per heavy atom. The molecule has 1 aliphatic carbocycles. The molecule has 0 aliphatic heterocycles. The maximum absolute atomic E-state index is 14.0. The van der Waals surface area contributed by atoms with Crippen LogP contribution in [0.25, 0.3) is 0 Å². The number of benzene rings is 2. The third-order valence-electron chi connectivity index (χ3n) is 3.81. The first kappa shape index (κ1) is 13.1. The molecule has 2 aromatic rings. The largest absolute Gasteiger partial charge is 0.376 e. The summed E-state index contributed by atoms with van der Waals surface area (Å²) >= 11 is 0. The van der Waals surface area contributed by atoms with Gasteiger partial charge in [0.05, 0.1) is 11.7 Å². The molecule has 0 spiro atoms. The Morgan fingerprint density at radius 1 is 1.05 bits per heavy atom. The molecule has 3 rings (SSSR count). The van der Waals surface area contributed by atoms with E-state index in [1.54, 1.807) is 6.92 Å². The van der Waals surface area contributed by atoms with Crippen molar-refractivity contribution in [3.05, 3.63) is 65.2 Å². The first-order valence-corrected chi connectivity index (χ1v) is 6.92. The Labute approximate surface area is 117 Å². The van der Waals surface area contributed by atoms with Crippen LogP contribution in [0.4, 0.5) is 14.5 Å². The fourth-order valence-electron chi connectivity index (χ4n) is 2.49. The second-order valence-corrected chi connectivity index (χ2v) is 5.45. The van der Waals surface area contributed by atoms with E-state index in [0.717, 1.165) is 18.4 Å². The lowest BCUT2D eigenvalue weighted by molar-refractivity contribution is 0.587. The van der Waals surface area contributed by atoms with Crippen LogP contribution in [-0.4, -0.2) is 0 Å². The van der Waals surface area contributed by atoms with E-state index < -0.39 is 5.82 Å². The van der Waals surface area contributed by atoms with Crippen molar-refractivity contribution in [1.29, 1.82) is 0 Å². The predicted molar refractivity (Wildman–Crippen MR) is 76.6 cm³/mol. The summed E-state index contributed by atoms with van der Waals surface area (Å²) in [5.74, 6) is -0.275. The molecule has 0 radical (unpaired) electrons. The molecule has 0 amide bonds. The van der Waals surface area contributed by atoms with Gasteiger partial charge in [-0.3, -0.25) is 0 Å². The van der Waals surface area contributed by atoms with Crippen LogP contribution in [0, 0.1) is 24.5 Å². The maximum atomic E-state index is 14.0. The lowest BCUT2D eigenvalue weighted by Crippen LogP contribution is -2.14. The fourth-order valence-corrected chi connectivity index (χ4v) is 2.49. The smallest absolute Gasteiger partial charge is 0.146 e. The Kier molecular flexibility index (Phi) is 3.43. The standard InChI is InChI=1S/C17H17F2N/c1-11-9-15(19)16(10-14(11)18)20-17(13-7-8-13)12-5-3-2-4-6-12/h2-6,9-10,13,17,20H,7-8H2,1H3. The van der Waals surface area contributed by atoms with Crippen molar-refractivity contribution >= 4 is 5.69 Å². The van der Waals surface area contributed by atoms with Crippen LogP contribution in [0.15, 0.2) is 42.5 Å². The quantitative estimate of drug-likeness (QED) is 0.840. The molecular weight excluding hydrogens is 256 g/mol. The van der Waals surface area contributed by atoms with Gasteiger partial charge in [-0.25, -0.2) is 8.78 Å². The molecular formula is C17H17F2N. The van der Waals surface area contributed by atoms with E-state index in [-0.39, 0.29) is 17.5 Å². The van der Waals surface area contributed by atoms with Gasteiger partial charge in [0, 0.05) is 6.07 Å². The van der Waals surface area contributed by atoms with Crippen LogP contribution in [0.3, 0.4) is 0 Å². The number of hydrogen-bond donors (Lipinski definition) is 1. The number of rotatable bonds is 4. The van der Waals surface area contributed by atoms with Crippen LogP contribution in [0.2, 0.25) is 0 Å². The lowest BCUT2D eigenvalue weighted by atomic mass is 10.0. The highest BCUT2D eigenvalue weighted by atomic mass is 19.1. The number of nitrogens with one attached hydrogen (secondary N) is 1. The Balaban J connectivity index is 1.89.